The van der Waals surface area contributed by atoms with Crippen LogP contribution in [0.3, 0.4) is 0 Å². The molecule has 0 bridgehead atoms. The first-order chi connectivity index (χ1) is 9.29. The van der Waals surface area contributed by atoms with E-state index in [1.165, 1.54) is 25.8 Å². The Bertz CT molecular complexity index is 384. The Hall–Kier alpha value is -0.770. The van der Waals surface area contributed by atoms with Gasteiger partial charge in [0.1, 0.15) is 12.4 Å². The van der Waals surface area contributed by atoms with Crippen molar-refractivity contribution in [3.63, 3.8) is 0 Å². The second-order valence-corrected chi connectivity index (χ2v) is 5.49. The Balaban J connectivity index is 1.77. The van der Waals surface area contributed by atoms with Crippen molar-refractivity contribution >= 4 is 11.6 Å². The molecule has 1 fully saturated rings. The van der Waals surface area contributed by atoms with Crippen molar-refractivity contribution in [2.24, 2.45) is 0 Å². The summed E-state index contributed by atoms with van der Waals surface area (Å²) in [6, 6.07) is 8.25. The highest BCUT2D eigenvalue weighted by Crippen LogP contribution is 2.18. The molecule has 1 unspecified atom stereocenters. The van der Waals surface area contributed by atoms with Gasteiger partial charge in [-0.2, -0.15) is 0 Å². The van der Waals surface area contributed by atoms with Gasteiger partial charge in [-0.25, -0.2) is 0 Å². The van der Waals surface area contributed by atoms with Crippen molar-refractivity contribution in [2.45, 2.75) is 25.3 Å². The van der Waals surface area contributed by atoms with E-state index in [1.807, 2.05) is 31.3 Å². The average Bonchev–Trinajstić information content (AvgIpc) is 2.41. The maximum atomic E-state index is 5.94. The lowest BCUT2D eigenvalue weighted by Gasteiger charge is -2.35. The lowest BCUT2D eigenvalue weighted by Crippen LogP contribution is -2.46. The molecule has 0 amide bonds. The van der Waals surface area contributed by atoms with Gasteiger partial charge in [-0.1, -0.05) is 24.1 Å². The van der Waals surface area contributed by atoms with Gasteiger partial charge < -0.3 is 10.1 Å². The Morgan fingerprint density at radius 3 is 3.11 bits per heavy atom. The molecular weight excluding hydrogens is 260 g/mol. The molecule has 0 aliphatic carbocycles. The molecule has 106 valence electrons. The van der Waals surface area contributed by atoms with Crippen molar-refractivity contribution in [1.82, 2.24) is 10.2 Å². The number of piperidine rings is 1. The second kappa shape index (κ2) is 7.73. The molecule has 2 rings (SSSR count). The molecular formula is C15H23ClN2O. The van der Waals surface area contributed by atoms with Crippen molar-refractivity contribution in [1.29, 1.82) is 0 Å². The summed E-state index contributed by atoms with van der Waals surface area (Å²) in [5, 5.41) is 4.01. The largest absolute Gasteiger partial charge is 0.492 e. The van der Waals surface area contributed by atoms with E-state index in [0.29, 0.717) is 6.04 Å². The van der Waals surface area contributed by atoms with E-state index in [1.54, 1.807) is 0 Å². The monoisotopic (exact) mass is 282 g/mol. The summed E-state index contributed by atoms with van der Waals surface area (Å²) in [4.78, 5) is 2.53. The van der Waals surface area contributed by atoms with Crippen molar-refractivity contribution in [3.05, 3.63) is 29.3 Å². The molecule has 1 aromatic rings. The molecule has 4 heteroatoms. The Morgan fingerprint density at radius 1 is 1.42 bits per heavy atom. The van der Waals surface area contributed by atoms with Crippen LogP contribution in [0, 0.1) is 0 Å². The fraction of sp³-hybridized carbons (Fsp3) is 0.600. The van der Waals surface area contributed by atoms with Crippen LogP contribution in [0.4, 0.5) is 0 Å². The summed E-state index contributed by atoms with van der Waals surface area (Å²) in [5.41, 5.74) is 0. The highest BCUT2D eigenvalue weighted by molar-refractivity contribution is 6.30. The van der Waals surface area contributed by atoms with E-state index in [0.717, 1.165) is 30.5 Å². The lowest BCUT2D eigenvalue weighted by atomic mass is 10.0. The number of halogens is 1. The fourth-order valence-electron chi connectivity index (χ4n) is 2.66. The minimum Gasteiger partial charge on any atom is -0.492 e. The zero-order chi connectivity index (χ0) is 13.5. The summed E-state index contributed by atoms with van der Waals surface area (Å²) >= 11 is 5.94. The topological polar surface area (TPSA) is 24.5 Å². The normalized spacial score (nSPS) is 20.4. The SMILES string of the molecule is CNCC1CCCCN1CCOc1cccc(Cl)c1. The van der Waals surface area contributed by atoms with E-state index in [-0.39, 0.29) is 0 Å². The van der Waals surface area contributed by atoms with Gasteiger partial charge in [0.05, 0.1) is 0 Å². The molecule has 1 aliphatic heterocycles. The van der Waals surface area contributed by atoms with Crippen molar-refractivity contribution in [2.75, 3.05) is 33.3 Å². The first kappa shape index (κ1) is 14.6. The summed E-state index contributed by atoms with van der Waals surface area (Å²) < 4.78 is 5.77. The molecule has 1 heterocycles. The Kier molecular flexibility index (Phi) is 5.95. The lowest BCUT2D eigenvalue weighted by molar-refractivity contribution is 0.123. The molecule has 1 saturated heterocycles. The average molecular weight is 283 g/mol. The first-order valence-electron chi connectivity index (χ1n) is 7.06. The van der Waals surface area contributed by atoms with Gasteiger partial charge in [0.15, 0.2) is 0 Å². The molecule has 1 N–H and O–H groups in total. The molecule has 1 aromatic carbocycles. The summed E-state index contributed by atoms with van der Waals surface area (Å²) in [6.07, 6.45) is 3.94. The van der Waals surface area contributed by atoms with Crippen LogP contribution in [0.5, 0.6) is 5.75 Å². The number of ether oxygens (including phenoxy) is 1. The van der Waals surface area contributed by atoms with Crippen LogP contribution >= 0.6 is 11.6 Å². The molecule has 0 saturated carbocycles. The van der Waals surface area contributed by atoms with Gasteiger partial charge in [-0.3, -0.25) is 4.90 Å². The third-order valence-corrected chi connectivity index (χ3v) is 3.87. The van der Waals surface area contributed by atoms with Crippen molar-refractivity contribution < 1.29 is 4.74 Å². The predicted molar refractivity (Wildman–Crippen MR) is 80.1 cm³/mol. The Labute approximate surface area is 120 Å². The molecule has 19 heavy (non-hydrogen) atoms. The molecule has 0 aromatic heterocycles. The van der Waals surface area contributed by atoms with Gasteiger partial charge in [-0.05, 0) is 44.6 Å². The number of rotatable bonds is 6. The number of likely N-dealkylation sites (tertiary alicyclic amines) is 1. The first-order valence-corrected chi connectivity index (χ1v) is 7.44. The summed E-state index contributed by atoms with van der Waals surface area (Å²) in [6.45, 7) is 3.96. The molecule has 1 atom stereocenters. The number of hydrogen-bond donors (Lipinski definition) is 1. The minimum absolute atomic E-state index is 0.654. The van der Waals surface area contributed by atoms with Gasteiger partial charge in [-0.15, -0.1) is 0 Å². The van der Waals surface area contributed by atoms with Crippen molar-refractivity contribution in [3.8, 4) is 5.75 Å². The molecule has 0 spiro atoms. The van der Waals surface area contributed by atoms with Crippen LogP contribution in [-0.2, 0) is 0 Å². The molecule has 0 radical (unpaired) electrons. The number of benzene rings is 1. The van der Waals surface area contributed by atoms with E-state index >= 15 is 0 Å². The summed E-state index contributed by atoms with van der Waals surface area (Å²) in [7, 11) is 2.02. The highest BCUT2D eigenvalue weighted by Gasteiger charge is 2.21. The number of nitrogens with zero attached hydrogens (tertiary/aromatic N) is 1. The van der Waals surface area contributed by atoms with Gasteiger partial charge in [0.2, 0.25) is 0 Å². The van der Waals surface area contributed by atoms with E-state index in [9.17, 15) is 0 Å². The Morgan fingerprint density at radius 2 is 2.32 bits per heavy atom. The molecule has 3 nitrogen and oxygen atoms in total. The third kappa shape index (κ3) is 4.68. The van der Waals surface area contributed by atoms with E-state index in [2.05, 4.69) is 10.2 Å². The van der Waals surface area contributed by atoms with Crippen LogP contribution in [0.25, 0.3) is 0 Å². The minimum atomic E-state index is 0.654. The van der Waals surface area contributed by atoms with Crippen LogP contribution in [0.15, 0.2) is 24.3 Å². The quantitative estimate of drug-likeness (QED) is 0.868. The van der Waals surface area contributed by atoms with Crippen LogP contribution in [0.2, 0.25) is 5.02 Å². The zero-order valence-electron chi connectivity index (χ0n) is 11.6. The number of hydrogen-bond acceptors (Lipinski definition) is 3. The van der Waals surface area contributed by atoms with E-state index < -0.39 is 0 Å². The zero-order valence-corrected chi connectivity index (χ0v) is 12.3. The third-order valence-electron chi connectivity index (χ3n) is 3.63. The molecule has 1 aliphatic rings. The standard InChI is InChI=1S/C15H23ClN2O/c1-17-12-14-6-2-3-8-18(14)9-10-19-15-7-4-5-13(16)11-15/h4-5,7,11,14,17H,2-3,6,8-10,12H2,1H3. The van der Waals surface area contributed by atoms with Crippen LogP contribution in [0.1, 0.15) is 19.3 Å². The van der Waals surface area contributed by atoms with Gasteiger partial charge in [0, 0.05) is 24.2 Å². The van der Waals surface area contributed by atoms with Gasteiger partial charge >= 0.3 is 0 Å². The smallest absolute Gasteiger partial charge is 0.120 e. The maximum absolute atomic E-state index is 5.94. The highest BCUT2D eigenvalue weighted by atomic mass is 35.5. The van der Waals surface area contributed by atoms with Gasteiger partial charge in [0.25, 0.3) is 0 Å². The number of likely N-dealkylation sites (N-methyl/N-ethyl adjacent to an activating group) is 1. The van der Waals surface area contributed by atoms with Crippen LogP contribution < -0.4 is 10.1 Å². The van der Waals surface area contributed by atoms with E-state index in [4.69, 9.17) is 16.3 Å². The van der Waals surface area contributed by atoms with Crippen LogP contribution in [-0.4, -0.2) is 44.2 Å². The predicted octanol–water partition coefficient (Wildman–Crippen LogP) is 2.79. The number of nitrogens with one attached hydrogen (secondary N) is 1. The fourth-order valence-corrected chi connectivity index (χ4v) is 2.84. The summed E-state index contributed by atoms with van der Waals surface area (Å²) in [5.74, 6) is 0.856. The second-order valence-electron chi connectivity index (χ2n) is 5.05. The maximum Gasteiger partial charge on any atom is 0.120 e.